The zero-order valence-electron chi connectivity index (χ0n) is 15.3. The molecule has 0 aliphatic carbocycles. The van der Waals surface area contributed by atoms with Crippen molar-refractivity contribution in [2.24, 2.45) is 5.41 Å². The molecule has 0 spiro atoms. The molecule has 9 nitrogen and oxygen atoms in total. The number of nitrogens with zero attached hydrogens (tertiary/aromatic N) is 2. The zero-order valence-corrected chi connectivity index (χ0v) is 17.0. The molecule has 0 unspecified atom stereocenters. The lowest BCUT2D eigenvalue weighted by molar-refractivity contribution is -0.123. The summed E-state index contributed by atoms with van der Waals surface area (Å²) in [6, 6.07) is 3.91. The fourth-order valence-electron chi connectivity index (χ4n) is 3.18. The Kier molecular flexibility index (Phi) is 5.00. The molecule has 2 fully saturated rings. The largest absolute Gasteiger partial charge is 0.495 e. The van der Waals surface area contributed by atoms with Crippen molar-refractivity contribution in [1.82, 2.24) is 4.31 Å². The van der Waals surface area contributed by atoms with Gasteiger partial charge in [0.2, 0.25) is 26.0 Å². The van der Waals surface area contributed by atoms with Crippen LogP contribution in [0.4, 0.5) is 5.69 Å². The second-order valence-corrected chi connectivity index (χ2v) is 10.8. The Morgan fingerprint density at radius 3 is 2.33 bits per heavy atom. The number of carbonyl (C=O) groups excluding carboxylic acids is 1. The smallest absolute Gasteiger partial charge is 0.247 e. The number of methoxy groups -OCH3 is 1. The number of benzene rings is 1. The van der Waals surface area contributed by atoms with Crippen molar-refractivity contribution < 1.29 is 31.1 Å². The van der Waals surface area contributed by atoms with Crippen LogP contribution in [0.1, 0.15) is 13.8 Å². The summed E-state index contributed by atoms with van der Waals surface area (Å²) >= 11 is 0. The number of hydrogen-bond donors (Lipinski definition) is 0. The van der Waals surface area contributed by atoms with Gasteiger partial charge < -0.3 is 9.47 Å². The van der Waals surface area contributed by atoms with E-state index in [2.05, 4.69) is 0 Å². The van der Waals surface area contributed by atoms with Crippen molar-refractivity contribution in [3.8, 4) is 5.75 Å². The monoisotopic (exact) mass is 418 g/mol. The number of ether oxygens (including phenoxy) is 2. The minimum absolute atomic E-state index is 0.0155. The molecule has 27 heavy (non-hydrogen) atoms. The summed E-state index contributed by atoms with van der Waals surface area (Å²) in [5.74, 6) is -0.855. The normalized spacial score (nSPS) is 22.8. The number of rotatable bonds is 4. The molecule has 0 bridgehead atoms. The van der Waals surface area contributed by atoms with Gasteiger partial charge in [0.1, 0.15) is 10.6 Å². The minimum Gasteiger partial charge on any atom is -0.495 e. The van der Waals surface area contributed by atoms with E-state index in [4.69, 9.17) is 9.47 Å². The maximum Gasteiger partial charge on any atom is 0.247 e. The maximum atomic E-state index is 13.0. The SMILES string of the molecule is COc1ccc(N2C(=O)C(C)(C)CS2(=O)=O)cc1S(=O)(=O)N1CCOCC1. The lowest BCUT2D eigenvalue weighted by Crippen LogP contribution is -2.40. The Bertz CT molecular complexity index is 964. The van der Waals surface area contributed by atoms with Crippen LogP contribution < -0.4 is 9.04 Å². The Balaban J connectivity index is 2.11. The van der Waals surface area contributed by atoms with Crippen LogP contribution >= 0.6 is 0 Å². The highest BCUT2D eigenvalue weighted by atomic mass is 32.2. The molecule has 1 aromatic rings. The molecular formula is C16H22N2O7S2. The van der Waals surface area contributed by atoms with Crippen molar-refractivity contribution in [2.75, 3.05) is 43.5 Å². The fraction of sp³-hybridized carbons (Fsp3) is 0.562. The van der Waals surface area contributed by atoms with Crippen LogP contribution in [0.5, 0.6) is 5.75 Å². The van der Waals surface area contributed by atoms with Gasteiger partial charge in [-0.15, -0.1) is 0 Å². The molecule has 0 saturated carbocycles. The molecule has 2 saturated heterocycles. The van der Waals surface area contributed by atoms with Crippen LogP contribution in [0, 0.1) is 5.41 Å². The van der Waals surface area contributed by atoms with E-state index < -0.39 is 31.4 Å². The van der Waals surface area contributed by atoms with Crippen molar-refractivity contribution in [3.05, 3.63) is 18.2 Å². The van der Waals surface area contributed by atoms with E-state index in [-0.39, 0.29) is 48.4 Å². The first-order chi connectivity index (χ1) is 12.5. The summed E-state index contributed by atoms with van der Waals surface area (Å²) in [5, 5.41) is 0. The highest BCUT2D eigenvalue weighted by Crippen LogP contribution is 2.38. The highest BCUT2D eigenvalue weighted by molar-refractivity contribution is 7.94. The predicted octanol–water partition coefficient (Wildman–Crippen LogP) is 0.419. The van der Waals surface area contributed by atoms with Crippen molar-refractivity contribution >= 4 is 31.6 Å². The minimum atomic E-state index is -3.94. The van der Waals surface area contributed by atoms with Gasteiger partial charge in [0.25, 0.3) is 0 Å². The third kappa shape index (κ3) is 3.44. The highest BCUT2D eigenvalue weighted by Gasteiger charge is 2.50. The summed E-state index contributed by atoms with van der Waals surface area (Å²) in [6.45, 7) is 4.00. The number of amides is 1. The predicted molar refractivity (Wildman–Crippen MR) is 97.6 cm³/mol. The van der Waals surface area contributed by atoms with Gasteiger partial charge in [-0.2, -0.15) is 4.31 Å². The topological polar surface area (TPSA) is 110 Å². The van der Waals surface area contributed by atoms with E-state index >= 15 is 0 Å². The molecule has 0 atom stereocenters. The van der Waals surface area contributed by atoms with Gasteiger partial charge in [0, 0.05) is 13.1 Å². The lowest BCUT2D eigenvalue weighted by atomic mass is 9.95. The van der Waals surface area contributed by atoms with Crippen LogP contribution in [-0.2, 0) is 29.6 Å². The number of sulfonamides is 2. The number of carbonyl (C=O) groups is 1. The van der Waals surface area contributed by atoms with Gasteiger partial charge in [-0.1, -0.05) is 0 Å². The van der Waals surface area contributed by atoms with Crippen LogP contribution in [0.2, 0.25) is 0 Å². The van der Waals surface area contributed by atoms with Crippen LogP contribution in [0.15, 0.2) is 23.1 Å². The van der Waals surface area contributed by atoms with Crippen molar-refractivity contribution in [3.63, 3.8) is 0 Å². The first-order valence-electron chi connectivity index (χ1n) is 8.34. The summed E-state index contributed by atoms with van der Waals surface area (Å²) in [7, 11) is -6.51. The van der Waals surface area contributed by atoms with E-state index in [1.54, 1.807) is 13.8 Å². The van der Waals surface area contributed by atoms with Gasteiger partial charge in [-0.05, 0) is 32.0 Å². The third-order valence-corrected chi connectivity index (χ3v) is 8.49. The molecule has 1 aromatic carbocycles. The van der Waals surface area contributed by atoms with E-state index in [0.717, 1.165) is 0 Å². The molecule has 1 amide bonds. The number of morpholine rings is 1. The van der Waals surface area contributed by atoms with Gasteiger partial charge >= 0.3 is 0 Å². The summed E-state index contributed by atoms with van der Waals surface area (Å²) in [4.78, 5) is 12.4. The molecular weight excluding hydrogens is 396 g/mol. The first-order valence-corrected chi connectivity index (χ1v) is 11.4. The summed E-state index contributed by atoms with van der Waals surface area (Å²) in [6.07, 6.45) is 0. The number of anilines is 1. The van der Waals surface area contributed by atoms with Gasteiger partial charge in [-0.3, -0.25) is 4.79 Å². The quantitative estimate of drug-likeness (QED) is 0.697. The van der Waals surface area contributed by atoms with Crippen molar-refractivity contribution in [1.29, 1.82) is 0 Å². The molecule has 2 aliphatic rings. The first kappa shape index (κ1) is 20.1. The molecule has 11 heteroatoms. The lowest BCUT2D eigenvalue weighted by Gasteiger charge is -2.27. The second kappa shape index (κ2) is 6.73. The molecule has 0 aromatic heterocycles. The summed E-state index contributed by atoms with van der Waals surface area (Å²) < 4.78 is 63.4. The van der Waals surface area contributed by atoms with E-state index in [0.29, 0.717) is 4.31 Å². The fourth-order valence-corrected chi connectivity index (χ4v) is 6.86. The summed E-state index contributed by atoms with van der Waals surface area (Å²) in [5.41, 5.74) is -1.10. The molecule has 150 valence electrons. The van der Waals surface area contributed by atoms with E-state index in [1.165, 1.54) is 29.6 Å². The molecule has 2 aliphatic heterocycles. The Hall–Kier alpha value is -1.69. The average Bonchev–Trinajstić information content (AvgIpc) is 2.78. The maximum absolute atomic E-state index is 13.0. The van der Waals surface area contributed by atoms with Crippen LogP contribution in [-0.4, -0.2) is 66.2 Å². The van der Waals surface area contributed by atoms with Gasteiger partial charge in [0.05, 0.1) is 37.2 Å². The Morgan fingerprint density at radius 2 is 1.81 bits per heavy atom. The Labute approximate surface area is 158 Å². The molecule has 3 rings (SSSR count). The van der Waals surface area contributed by atoms with Gasteiger partial charge in [-0.25, -0.2) is 21.1 Å². The van der Waals surface area contributed by atoms with E-state index in [9.17, 15) is 21.6 Å². The average molecular weight is 418 g/mol. The zero-order chi connectivity index (χ0) is 20.0. The van der Waals surface area contributed by atoms with E-state index in [1.807, 2.05) is 0 Å². The van der Waals surface area contributed by atoms with Crippen LogP contribution in [0.3, 0.4) is 0 Å². The number of hydrogen-bond acceptors (Lipinski definition) is 7. The Morgan fingerprint density at radius 1 is 1.19 bits per heavy atom. The standard InChI is InChI=1S/C16H22N2O7S2/c1-16(2)11-26(20,21)18(15(16)19)12-4-5-13(24-3)14(10-12)27(22,23)17-6-8-25-9-7-17/h4-5,10H,6-9,11H2,1-3H3. The third-order valence-electron chi connectivity index (χ3n) is 4.55. The molecule has 0 N–H and O–H groups in total. The van der Waals surface area contributed by atoms with Gasteiger partial charge in [0.15, 0.2) is 0 Å². The van der Waals surface area contributed by atoms with Crippen LogP contribution in [0.25, 0.3) is 0 Å². The molecule has 0 radical (unpaired) electrons. The second-order valence-electron chi connectivity index (χ2n) is 7.06. The van der Waals surface area contributed by atoms with Crippen molar-refractivity contribution in [2.45, 2.75) is 18.7 Å². The molecule has 2 heterocycles.